The van der Waals surface area contributed by atoms with Gasteiger partial charge in [-0.25, -0.2) is 8.42 Å². The Hall–Kier alpha value is -1.68. The van der Waals surface area contributed by atoms with Gasteiger partial charge in [-0.3, -0.25) is 9.69 Å². The molecule has 8 nitrogen and oxygen atoms in total. The molecular weight excluding hydrogens is 350 g/mol. The molecule has 0 aromatic heterocycles. The number of rotatable bonds is 8. The summed E-state index contributed by atoms with van der Waals surface area (Å²) in [4.78, 5) is 14.1. The zero-order chi connectivity index (χ0) is 18.6. The molecular formula is C16H23NO7S. The number of carbonyl (C=O) groups excluding carboxylic acids is 1. The summed E-state index contributed by atoms with van der Waals surface area (Å²) in [5, 5.41) is 19.2. The number of carbonyl (C=O) groups is 1. The van der Waals surface area contributed by atoms with Gasteiger partial charge in [0.2, 0.25) is 0 Å². The molecule has 1 fully saturated rings. The van der Waals surface area contributed by atoms with Crippen LogP contribution < -0.4 is 9.47 Å². The molecule has 0 amide bonds. The molecule has 2 N–H and O–H groups in total. The standard InChI is InChI=1S/C16H23NO7S/c1-23-15-4-3-11(7-16(15)24-2)13(19)8-17(5-6-18)12-9-25(21,22)10-14(12)20/h3-4,7,12,14,18,20H,5-6,8-10H2,1-2H3/t12-,14-/m1/s1. The molecule has 0 spiro atoms. The molecule has 1 aliphatic heterocycles. The van der Waals surface area contributed by atoms with E-state index >= 15 is 0 Å². The second kappa shape index (κ2) is 8.13. The van der Waals surface area contributed by atoms with Gasteiger partial charge in [0.25, 0.3) is 0 Å². The van der Waals surface area contributed by atoms with Crippen molar-refractivity contribution in [2.45, 2.75) is 12.1 Å². The Bertz CT molecular complexity index is 719. The summed E-state index contributed by atoms with van der Waals surface area (Å²) in [5.74, 6) is 0.0670. The number of hydrogen-bond donors (Lipinski definition) is 2. The van der Waals surface area contributed by atoms with Gasteiger partial charge < -0.3 is 19.7 Å². The Morgan fingerprint density at radius 2 is 1.92 bits per heavy atom. The molecule has 2 rings (SSSR count). The number of benzene rings is 1. The lowest BCUT2D eigenvalue weighted by Gasteiger charge is -2.28. The van der Waals surface area contributed by atoms with E-state index in [9.17, 15) is 23.4 Å². The molecule has 0 radical (unpaired) electrons. The Labute approximate surface area is 146 Å². The topological polar surface area (TPSA) is 113 Å². The van der Waals surface area contributed by atoms with Crippen LogP contribution in [0.2, 0.25) is 0 Å². The van der Waals surface area contributed by atoms with Crippen molar-refractivity contribution in [2.24, 2.45) is 0 Å². The molecule has 1 saturated heterocycles. The number of aliphatic hydroxyl groups excluding tert-OH is 2. The van der Waals surface area contributed by atoms with E-state index in [0.29, 0.717) is 17.1 Å². The van der Waals surface area contributed by atoms with Crippen LogP contribution in [0, 0.1) is 0 Å². The fourth-order valence-corrected chi connectivity index (χ4v) is 4.77. The smallest absolute Gasteiger partial charge is 0.176 e. The molecule has 0 saturated carbocycles. The maximum Gasteiger partial charge on any atom is 0.176 e. The second-order valence-electron chi connectivity index (χ2n) is 5.90. The first kappa shape index (κ1) is 19.6. The number of methoxy groups -OCH3 is 2. The van der Waals surface area contributed by atoms with Gasteiger partial charge in [-0.15, -0.1) is 0 Å². The zero-order valence-corrected chi connectivity index (χ0v) is 15.0. The van der Waals surface area contributed by atoms with E-state index in [-0.39, 0.29) is 37.0 Å². The number of ether oxygens (including phenoxy) is 2. The first-order valence-electron chi connectivity index (χ1n) is 7.80. The zero-order valence-electron chi connectivity index (χ0n) is 14.2. The summed E-state index contributed by atoms with van der Waals surface area (Å²) >= 11 is 0. The maximum absolute atomic E-state index is 12.6. The number of nitrogens with zero attached hydrogens (tertiary/aromatic N) is 1. The summed E-state index contributed by atoms with van der Waals surface area (Å²) < 4.78 is 33.7. The van der Waals surface area contributed by atoms with Gasteiger partial charge in [-0.05, 0) is 18.2 Å². The summed E-state index contributed by atoms with van der Waals surface area (Å²) in [5.41, 5.74) is 0.371. The maximum atomic E-state index is 12.6. The summed E-state index contributed by atoms with van der Waals surface area (Å²) in [6, 6.07) is 4.03. The quantitative estimate of drug-likeness (QED) is 0.578. The Morgan fingerprint density at radius 3 is 2.44 bits per heavy atom. The largest absolute Gasteiger partial charge is 0.493 e. The van der Waals surface area contributed by atoms with E-state index < -0.39 is 22.0 Å². The van der Waals surface area contributed by atoms with Gasteiger partial charge in [-0.2, -0.15) is 0 Å². The van der Waals surface area contributed by atoms with E-state index in [1.54, 1.807) is 18.2 Å². The number of Topliss-reactive ketones (excluding diaryl/α,β-unsaturated/α-hetero) is 1. The predicted octanol–water partition coefficient (Wildman–Crippen LogP) is -0.661. The van der Waals surface area contributed by atoms with Crippen LogP contribution in [0.25, 0.3) is 0 Å². The molecule has 9 heteroatoms. The fraction of sp³-hybridized carbons (Fsp3) is 0.562. The average molecular weight is 373 g/mol. The van der Waals surface area contributed by atoms with E-state index in [2.05, 4.69) is 0 Å². The second-order valence-corrected chi connectivity index (χ2v) is 8.05. The molecule has 25 heavy (non-hydrogen) atoms. The van der Waals surface area contributed by atoms with Crippen LogP contribution in [-0.2, 0) is 9.84 Å². The molecule has 1 heterocycles. The number of ketones is 1. The van der Waals surface area contributed by atoms with Gasteiger partial charge in [-0.1, -0.05) is 0 Å². The first-order chi connectivity index (χ1) is 11.8. The Morgan fingerprint density at radius 1 is 1.24 bits per heavy atom. The summed E-state index contributed by atoms with van der Waals surface area (Å²) in [6.45, 7) is -0.272. The van der Waals surface area contributed by atoms with Gasteiger partial charge in [0.1, 0.15) is 0 Å². The van der Waals surface area contributed by atoms with Crippen LogP contribution in [0.4, 0.5) is 0 Å². The SMILES string of the molecule is COc1ccc(C(=O)CN(CCO)[C@@H]2CS(=O)(=O)C[C@H]2O)cc1OC. The monoisotopic (exact) mass is 373 g/mol. The van der Waals surface area contributed by atoms with Crippen LogP contribution in [0.3, 0.4) is 0 Å². The van der Waals surface area contributed by atoms with E-state index in [4.69, 9.17) is 9.47 Å². The molecule has 1 aromatic rings. The van der Waals surface area contributed by atoms with Gasteiger partial charge in [0, 0.05) is 12.1 Å². The van der Waals surface area contributed by atoms with Crippen LogP contribution in [-0.4, -0.2) is 86.9 Å². The molecule has 1 aromatic carbocycles. The van der Waals surface area contributed by atoms with E-state index in [1.165, 1.54) is 19.1 Å². The van der Waals surface area contributed by atoms with Crippen molar-refractivity contribution >= 4 is 15.6 Å². The Kier molecular flexibility index (Phi) is 6.39. The lowest BCUT2D eigenvalue weighted by molar-refractivity contribution is 0.0620. The third kappa shape index (κ3) is 4.69. The van der Waals surface area contributed by atoms with Crippen molar-refractivity contribution in [3.63, 3.8) is 0 Å². The van der Waals surface area contributed by atoms with Gasteiger partial charge in [0.05, 0.1) is 51.0 Å². The van der Waals surface area contributed by atoms with Crippen LogP contribution in [0.5, 0.6) is 11.5 Å². The number of hydrogen-bond acceptors (Lipinski definition) is 8. The van der Waals surface area contributed by atoms with Crippen LogP contribution in [0.15, 0.2) is 18.2 Å². The third-order valence-corrected chi connectivity index (χ3v) is 5.90. The van der Waals surface area contributed by atoms with Crippen molar-refractivity contribution < 1.29 is 32.9 Å². The van der Waals surface area contributed by atoms with Crippen molar-refractivity contribution in [3.05, 3.63) is 23.8 Å². The third-order valence-electron chi connectivity index (χ3n) is 4.20. The fourth-order valence-electron chi connectivity index (χ4n) is 2.94. The Balaban J connectivity index is 2.18. The normalized spacial score (nSPS) is 22.1. The van der Waals surface area contributed by atoms with E-state index in [0.717, 1.165) is 0 Å². The molecule has 1 aliphatic rings. The van der Waals surface area contributed by atoms with Gasteiger partial charge in [0.15, 0.2) is 27.1 Å². The highest BCUT2D eigenvalue weighted by Crippen LogP contribution is 2.28. The molecule has 140 valence electrons. The highest BCUT2D eigenvalue weighted by atomic mass is 32.2. The van der Waals surface area contributed by atoms with Crippen molar-refractivity contribution in [3.8, 4) is 11.5 Å². The molecule has 0 unspecified atom stereocenters. The molecule has 0 aliphatic carbocycles. The predicted molar refractivity (Wildman–Crippen MR) is 91.0 cm³/mol. The molecule has 0 bridgehead atoms. The lowest BCUT2D eigenvalue weighted by Crippen LogP contribution is -2.46. The molecule has 2 atom stereocenters. The minimum atomic E-state index is -3.35. The van der Waals surface area contributed by atoms with Gasteiger partial charge >= 0.3 is 0 Å². The minimum absolute atomic E-state index is 0.0935. The first-order valence-corrected chi connectivity index (χ1v) is 9.62. The van der Waals surface area contributed by atoms with E-state index in [1.807, 2.05) is 0 Å². The lowest BCUT2D eigenvalue weighted by atomic mass is 10.1. The van der Waals surface area contributed by atoms with Crippen molar-refractivity contribution in [2.75, 3.05) is 45.4 Å². The van der Waals surface area contributed by atoms with Crippen molar-refractivity contribution in [1.82, 2.24) is 4.90 Å². The van der Waals surface area contributed by atoms with Crippen LogP contribution >= 0.6 is 0 Å². The summed E-state index contributed by atoms with van der Waals surface area (Å²) in [6.07, 6.45) is -1.07. The van der Waals surface area contributed by atoms with Crippen molar-refractivity contribution in [1.29, 1.82) is 0 Å². The van der Waals surface area contributed by atoms with Crippen LogP contribution in [0.1, 0.15) is 10.4 Å². The average Bonchev–Trinajstić information content (AvgIpc) is 2.86. The summed E-state index contributed by atoms with van der Waals surface area (Å²) in [7, 11) is -0.397. The highest BCUT2D eigenvalue weighted by Gasteiger charge is 2.40. The number of aliphatic hydroxyl groups is 2. The number of sulfone groups is 1. The minimum Gasteiger partial charge on any atom is -0.493 e. The highest BCUT2D eigenvalue weighted by molar-refractivity contribution is 7.91.